The number of aromatic nitrogens is 1. The number of ether oxygens (including phenoxy) is 2. The lowest BCUT2D eigenvalue weighted by molar-refractivity contribution is -0.120. The Labute approximate surface area is 186 Å². The number of amides is 2. The van der Waals surface area contributed by atoms with E-state index in [0.29, 0.717) is 34.9 Å². The second kappa shape index (κ2) is 8.34. The first kappa shape index (κ1) is 21.4. The minimum Gasteiger partial charge on any atom is -0.493 e. The molecule has 0 spiro atoms. The first-order chi connectivity index (χ1) is 15.4. The molecule has 0 radical (unpaired) electrons. The van der Waals surface area contributed by atoms with E-state index in [9.17, 15) is 9.59 Å². The van der Waals surface area contributed by atoms with Gasteiger partial charge in [-0.3, -0.25) is 14.6 Å². The fourth-order valence-corrected chi connectivity index (χ4v) is 4.41. The number of hydrogen-bond acceptors (Lipinski definition) is 5. The van der Waals surface area contributed by atoms with Gasteiger partial charge in [-0.25, -0.2) is 0 Å². The number of aryl methyl sites for hydroxylation is 1. The minimum absolute atomic E-state index is 0.140. The number of rotatable bonds is 7. The third-order valence-corrected chi connectivity index (χ3v) is 5.89. The number of nitrogens with two attached hydrogens (primary N) is 1. The average Bonchev–Trinajstić information content (AvgIpc) is 3.13. The maximum absolute atomic E-state index is 13.6. The quantitative estimate of drug-likeness (QED) is 0.620. The molecule has 1 aliphatic rings. The first-order valence-electron chi connectivity index (χ1n) is 10.3. The highest BCUT2D eigenvalue weighted by Gasteiger charge is 2.49. The molecule has 0 saturated heterocycles. The number of pyridine rings is 1. The van der Waals surface area contributed by atoms with Gasteiger partial charge in [0.05, 0.1) is 26.3 Å². The Balaban J connectivity index is 2.01. The van der Waals surface area contributed by atoms with Gasteiger partial charge < -0.3 is 20.1 Å². The molecule has 0 saturated carbocycles. The van der Waals surface area contributed by atoms with E-state index in [1.165, 1.54) is 0 Å². The van der Waals surface area contributed by atoms with Crippen LogP contribution in [0.1, 0.15) is 39.3 Å². The molecule has 2 aromatic carbocycles. The van der Waals surface area contributed by atoms with Crippen LogP contribution in [0.5, 0.6) is 11.5 Å². The van der Waals surface area contributed by atoms with Crippen LogP contribution in [0.15, 0.2) is 60.7 Å². The van der Waals surface area contributed by atoms with Crippen LogP contribution < -0.4 is 15.2 Å². The van der Waals surface area contributed by atoms with Gasteiger partial charge in [0.2, 0.25) is 5.91 Å². The monoisotopic (exact) mass is 431 g/mol. The maximum atomic E-state index is 13.6. The van der Waals surface area contributed by atoms with Gasteiger partial charge in [-0.2, -0.15) is 0 Å². The van der Waals surface area contributed by atoms with Crippen molar-refractivity contribution in [3.63, 3.8) is 0 Å². The van der Waals surface area contributed by atoms with E-state index in [-0.39, 0.29) is 12.3 Å². The van der Waals surface area contributed by atoms with Crippen LogP contribution in [0, 0.1) is 6.92 Å². The molecule has 7 heteroatoms. The van der Waals surface area contributed by atoms with E-state index in [1.54, 1.807) is 37.3 Å². The van der Waals surface area contributed by atoms with Gasteiger partial charge in [0, 0.05) is 17.8 Å². The van der Waals surface area contributed by atoms with Crippen molar-refractivity contribution in [1.82, 2.24) is 9.88 Å². The van der Waals surface area contributed by atoms with Gasteiger partial charge in [0.1, 0.15) is 5.54 Å². The average molecular weight is 431 g/mol. The van der Waals surface area contributed by atoms with Crippen molar-refractivity contribution in [2.24, 2.45) is 5.73 Å². The molecule has 2 amide bonds. The Morgan fingerprint density at radius 2 is 1.81 bits per heavy atom. The predicted molar refractivity (Wildman–Crippen MR) is 119 cm³/mol. The van der Waals surface area contributed by atoms with E-state index in [4.69, 9.17) is 20.2 Å². The first-order valence-corrected chi connectivity index (χ1v) is 10.3. The third-order valence-electron chi connectivity index (χ3n) is 5.89. The molecule has 2 N–H and O–H groups in total. The topological polar surface area (TPSA) is 94.8 Å². The van der Waals surface area contributed by atoms with E-state index in [2.05, 4.69) is 0 Å². The fourth-order valence-electron chi connectivity index (χ4n) is 4.41. The van der Waals surface area contributed by atoms with Crippen molar-refractivity contribution in [2.75, 3.05) is 14.2 Å². The second-order valence-corrected chi connectivity index (χ2v) is 7.79. The van der Waals surface area contributed by atoms with Gasteiger partial charge in [-0.1, -0.05) is 30.3 Å². The van der Waals surface area contributed by atoms with Gasteiger partial charge in [0.15, 0.2) is 11.5 Å². The van der Waals surface area contributed by atoms with Gasteiger partial charge in [-0.15, -0.1) is 0 Å². The summed E-state index contributed by atoms with van der Waals surface area (Å²) in [6.45, 7) is 2.19. The van der Waals surface area contributed by atoms with Crippen molar-refractivity contribution in [3.8, 4) is 11.5 Å². The van der Waals surface area contributed by atoms with Crippen LogP contribution in [0.25, 0.3) is 0 Å². The lowest BCUT2D eigenvalue weighted by atomic mass is 9.80. The molecule has 0 fully saturated rings. The standard InChI is InChI=1S/C25H25N3O4/c1-16-7-6-10-22(27-16)25(14-23(26)29,18-11-12-20(31-2)21(13-18)32-3)28-15-17-8-4-5-9-19(17)24(28)30/h4-13H,14-15H2,1-3H3,(H2,26,29). The fraction of sp³-hybridized carbons (Fsp3) is 0.240. The van der Waals surface area contributed by atoms with Crippen LogP contribution >= 0.6 is 0 Å². The van der Waals surface area contributed by atoms with E-state index >= 15 is 0 Å². The van der Waals surface area contributed by atoms with Crippen LogP contribution in [0.4, 0.5) is 0 Å². The van der Waals surface area contributed by atoms with E-state index < -0.39 is 11.4 Å². The number of nitrogens with zero attached hydrogens (tertiary/aromatic N) is 2. The van der Waals surface area contributed by atoms with Gasteiger partial charge in [-0.05, 0) is 48.4 Å². The van der Waals surface area contributed by atoms with Crippen LogP contribution in [-0.2, 0) is 16.9 Å². The van der Waals surface area contributed by atoms with Crippen molar-refractivity contribution in [2.45, 2.75) is 25.4 Å². The Morgan fingerprint density at radius 3 is 2.47 bits per heavy atom. The highest BCUT2D eigenvalue weighted by molar-refractivity contribution is 5.99. The number of carbonyl (C=O) groups is 2. The van der Waals surface area contributed by atoms with Crippen molar-refractivity contribution < 1.29 is 19.1 Å². The molecule has 1 unspecified atom stereocenters. The molecule has 0 aliphatic carbocycles. The normalized spacial score (nSPS) is 14.6. The Bertz CT molecular complexity index is 1190. The summed E-state index contributed by atoms with van der Waals surface area (Å²) in [6, 6.07) is 18.4. The highest BCUT2D eigenvalue weighted by Crippen LogP contribution is 2.45. The number of carbonyl (C=O) groups excluding carboxylic acids is 2. The molecule has 164 valence electrons. The van der Waals surface area contributed by atoms with E-state index in [0.717, 1.165) is 11.3 Å². The number of fused-ring (bicyclic) bond motifs is 1. The summed E-state index contributed by atoms with van der Waals surface area (Å²) in [7, 11) is 3.09. The summed E-state index contributed by atoms with van der Waals surface area (Å²) in [5.74, 6) is 0.292. The molecular formula is C25H25N3O4. The zero-order valence-electron chi connectivity index (χ0n) is 18.3. The molecule has 2 heterocycles. The Morgan fingerprint density at radius 1 is 1.06 bits per heavy atom. The van der Waals surface area contributed by atoms with E-state index in [1.807, 2.05) is 49.4 Å². The summed E-state index contributed by atoms with van der Waals surface area (Å²) >= 11 is 0. The largest absolute Gasteiger partial charge is 0.493 e. The lowest BCUT2D eigenvalue weighted by Crippen LogP contribution is -2.50. The summed E-state index contributed by atoms with van der Waals surface area (Å²) < 4.78 is 10.9. The Hall–Kier alpha value is -3.87. The molecule has 0 bridgehead atoms. The van der Waals surface area contributed by atoms with Gasteiger partial charge in [0.25, 0.3) is 5.91 Å². The summed E-state index contributed by atoms with van der Waals surface area (Å²) in [5.41, 5.74) is 8.03. The zero-order chi connectivity index (χ0) is 22.9. The molecule has 3 aromatic rings. The van der Waals surface area contributed by atoms with Crippen LogP contribution in [0.2, 0.25) is 0 Å². The summed E-state index contributed by atoms with van der Waals surface area (Å²) in [6.07, 6.45) is -0.140. The number of methoxy groups -OCH3 is 2. The van der Waals surface area contributed by atoms with Crippen molar-refractivity contribution >= 4 is 11.8 Å². The molecule has 4 rings (SSSR count). The molecule has 32 heavy (non-hydrogen) atoms. The number of benzene rings is 2. The van der Waals surface area contributed by atoms with Crippen LogP contribution in [0.3, 0.4) is 0 Å². The minimum atomic E-state index is -1.23. The SMILES string of the molecule is COc1ccc(C(CC(N)=O)(c2cccc(C)n2)N2Cc3ccccc3C2=O)cc1OC. The predicted octanol–water partition coefficient (Wildman–Crippen LogP) is 3.18. The molecular weight excluding hydrogens is 406 g/mol. The third kappa shape index (κ3) is 3.45. The summed E-state index contributed by atoms with van der Waals surface area (Å²) in [4.78, 5) is 32.5. The molecule has 1 aliphatic heterocycles. The number of hydrogen-bond donors (Lipinski definition) is 1. The summed E-state index contributed by atoms with van der Waals surface area (Å²) in [5, 5.41) is 0. The van der Waals surface area contributed by atoms with Crippen LogP contribution in [-0.4, -0.2) is 35.9 Å². The molecule has 7 nitrogen and oxygen atoms in total. The molecule has 1 atom stereocenters. The second-order valence-electron chi connectivity index (χ2n) is 7.79. The van der Waals surface area contributed by atoms with Gasteiger partial charge >= 0.3 is 0 Å². The lowest BCUT2D eigenvalue weighted by Gasteiger charge is -2.41. The number of primary amides is 1. The van der Waals surface area contributed by atoms with Crippen molar-refractivity contribution in [1.29, 1.82) is 0 Å². The molecule has 1 aromatic heterocycles. The highest BCUT2D eigenvalue weighted by atomic mass is 16.5. The zero-order valence-corrected chi connectivity index (χ0v) is 18.3. The Kier molecular flexibility index (Phi) is 5.57. The maximum Gasteiger partial charge on any atom is 0.255 e. The van der Waals surface area contributed by atoms with Crippen molar-refractivity contribution in [3.05, 3.63) is 88.7 Å². The smallest absolute Gasteiger partial charge is 0.255 e.